The Morgan fingerprint density at radius 2 is 2.12 bits per heavy atom. The Morgan fingerprint density at radius 1 is 1.53 bits per heavy atom. The van der Waals surface area contributed by atoms with Crippen molar-refractivity contribution in [3.05, 3.63) is 11.5 Å². The van der Waals surface area contributed by atoms with Crippen LogP contribution in [-0.4, -0.2) is 31.5 Å². The van der Waals surface area contributed by atoms with Gasteiger partial charge in [-0.2, -0.15) is 9.57 Å². The van der Waals surface area contributed by atoms with Gasteiger partial charge in [0.2, 0.25) is 10.0 Å². The Kier molecular flexibility index (Phi) is 3.91. The minimum absolute atomic E-state index is 0.0881. The molecule has 0 radical (unpaired) electrons. The van der Waals surface area contributed by atoms with Crippen molar-refractivity contribution < 1.29 is 12.9 Å². The molecule has 17 heavy (non-hydrogen) atoms. The molecule has 0 aliphatic carbocycles. The third kappa shape index (κ3) is 2.65. The molecule has 0 amide bonds. The van der Waals surface area contributed by atoms with E-state index in [0.717, 1.165) is 4.31 Å². The first-order chi connectivity index (χ1) is 7.80. The largest absolute Gasteiger partial charge is 0.360 e. The molecule has 0 bridgehead atoms. The lowest BCUT2D eigenvalue weighted by atomic mass is 10.2. The first kappa shape index (κ1) is 13.7. The van der Waals surface area contributed by atoms with Crippen LogP contribution >= 0.6 is 0 Å². The SMILES string of the molecule is Cc1noc(C)c1S(=O)(=O)N(C)CC(C)C#N. The van der Waals surface area contributed by atoms with Crippen molar-refractivity contribution in [2.45, 2.75) is 25.7 Å². The van der Waals surface area contributed by atoms with Crippen LogP contribution in [0.1, 0.15) is 18.4 Å². The summed E-state index contributed by atoms with van der Waals surface area (Å²) in [6.07, 6.45) is 0. The van der Waals surface area contributed by atoms with Gasteiger partial charge in [-0.25, -0.2) is 8.42 Å². The highest BCUT2D eigenvalue weighted by atomic mass is 32.2. The molecule has 1 rings (SSSR count). The first-order valence-electron chi connectivity index (χ1n) is 5.09. The number of nitrogens with zero attached hydrogens (tertiary/aromatic N) is 3. The molecule has 1 unspecified atom stereocenters. The highest BCUT2D eigenvalue weighted by Gasteiger charge is 2.29. The van der Waals surface area contributed by atoms with Crippen molar-refractivity contribution >= 4 is 10.0 Å². The second-order valence-electron chi connectivity index (χ2n) is 3.97. The monoisotopic (exact) mass is 257 g/mol. The Morgan fingerprint density at radius 3 is 2.53 bits per heavy atom. The van der Waals surface area contributed by atoms with E-state index in [0.29, 0.717) is 5.69 Å². The summed E-state index contributed by atoms with van der Waals surface area (Å²) in [4.78, 5) is 0.0881. The van der Waals surface area contributed by atoms with Gasteiger partial charge in [-0.15, -0.1) is 0 Å². The van der Waals surface area contributed by atoms with Gasteiger partial charge in [0.1, 0.15) is 10.6 Å². The Bertz CT molecular complexity index is 522. The van der Waals surface area contributed by atoms with E-state index < -0.39 is 10.0 Å². The normalized spacial score (nSPS) is 13.6. The molecule has 0 saturated heterocycles. The number of nitriles is 1. The highest BCUT2D eigenvalue weighted by Crippen LogP contribution is 2.22. The maximum absolute atomic E-state index is 12.2. The zero-order valence-corrected chi connectivity index (χ0v) is 11.1. The Balaban J connectivity index is 3.09. The minimum atomic E-state index is -3.64. The van der Waals surface area contributed by atoms with E-state index >= 15 is 0 Å². The van der Waals surface area contributed by atoms with Gasteiger partial charge in [-0.3, -0.25) is 0 Å². The van der Waals surface area contributed by atoms with Crippen LogP contribution in [0, 0.1) is 31.1 Å². The van der Waals surface area contributed by atoms with Crippen molar-refractivity contribution in [1.29, 1.82) is 5.26 Å². The molecule has 0 N–H and O–H groups in total. The quantitative estimate of drug-likeness (QED) is 0.805. The predicted octanol–water partition coefficient (Wildman–Crippen LogP) is 1.07. The molecule has 0 saturated carbocycles. The minimum Gasteiger partial charge on any atom is -0.360 e. The molecule has 0 fully saturated rings. The molecule has 1 heterocycles. The number of hydrogen-bond acceptors (Lipinski definition) is 5. The van der Waals surface area contributed by atoms with E-state index in [1.807, 2.05) is 6.07 Å². The summed E-state index contributed by atoms with van der Waals surface area (Å²) in [6.45, 7) is 4.93. The van der Waals surface area contributed by atoms with Crippen molar-refractivity contribution in [2.24, 2.45) is 5.92 Å². The van der Waals surface area contributed by atoms with Gasteiger partial charge in [0.15, 0.2) is 5.76 Å². The molecule has 7 heteroatoms. The van der Waals surface area contributed by atoms with Crippen LogP contribution in [0.15, 0.2) is 9.42 Å². The van der Waals surface area contributed by atoms with Crippen molar-refractivity contribution in [2.75, 3.05) is 13.6 Å². The van der Waals surface area contributed by atoms with Crippen LogP contribution in [0.25, 0.3) is 0 Å². The summed E-state index contributed by atoms with van der Waals surface area (Å²) < 4.78 is 30.4. The molecule has 0 aromatic carbocycles. The molecule has 0 aliphatic heterocycles. The van der Waals surface area contributed by atoms with Gasteiger partial charge >= 0.3 is 0 Å². The molecular formula is C10H15N3O3S. The molecule has 1 aromatic rings. The fourth-order valence-electron chi connectivity index (χ4n) is 1.52. The van der Waals surface area contributed by atoms with E-state index in [2.05, 4.69) is 5.16 Å². The zero-order valence-electron chi connectivity index (χ0n) is 10.3. The summed E-state index contributed by atoms with van der Waals surface area (Å²) in [5.74, 6) is -0.103. The number of aryl methyl sites for hydroxylation is 2. The lowest BCUT2D eigenvalue weighted by Crippen LogP contribution is -2.31. The van der Waals surface area contributed by atoms with E-state index in [4.69, 9.17) is 9.78 Å². The van der Waals surface area contributed by atoms with Gasteiger partial charge in [-0.05, 0) is 20.8 Å². The van der Waals surface area contributed by atoms with Gasteiger partial charge in [0, 0.05) is 13.6 Å². The highest BCUT2D eigenvalue weighted by molar-refractivity contribution is 7.89. The second kappa shape index (κ2) is 4.85. The van der Waals surface area contributed by atoms with Crippen LogP contribution in [0.3, 0.4) is 0 Å². The summed E-state index contributed by atoms with van der Waals surface area (Å²) in [6, 6.07) is 2.00. The average Bonchev–Trinajstić information content (AvgIpc) is 2.58. The van der Waals surface area contributed by atoms with Gasteiger partial charge < -0.3 is 4.52 Å². The average molecular weight is 257 g/mol. The first-order valence-corrected chi connectivity index (χ1v) is 6.53. The lowest BCUT2D eigenvalue weighted by molar-refractivity contribution is 0.389. The third-order valence-corrected chi connectivity index (χ3v) is 4.46. The van der Waals surface area contributed by atoms with Gasteiger partial charge in [-0.1, -0.05) is 5.16 Å². The number of aromatic nitrogens is 1. The van der Waals surface area contributed by atoms with E-state index in [-0.39, 0.29) is 23.1 Å². The second-order valence-corrected chi connectivity index (χ2v) is 5.95. The van der Waals surface area contributed by atoms with Crippen molar-refractivity contribution in [1.82, 2.24) is 9.46 Å². The van der Waals surface area contributed by atoms with Crippen LogP contribution in [0.5, 0.6) is 0 Å². The predicted molar refractivity (Wildman–Crippen MR) is 60.6 cm³/mol. The van der Waals surface area contributed by atoms with E-state index in [9.17, 15) is 8.42 Å². The maximum atomic E-state index is 12.2. The molecule has 1 atom stereocenters. The van der Waals surface area contributed by atoms with E-state index in [1.54, 1.807) is 20.8 Å². The molecular weight excluding hydrogens is 242 g/mol. The summed E-state index contributed by atoms with van der Waals surface area (Å²) in [7, 11) is -2.20. The number of sulfonamides is 1. The van der Waals surface area contributed by atoms with Crippen LogP contribution in [-0.2, 0) is 10.0 Å². The van der Waals surface area contributed by atoms with Crippen molar-refractivity contribution in [3.63, 3.8) is 0 Å². The number of rotatable bonds is 4. The van der Waals surface area contributed by atoms with Crippen molar-refractivity contribution in [3.8, 4) is 6.07 Å². The summed E-state index contributed by atoms with van der Waals surface area (Å²) in [5, 5.41) is 12.3. The van der Waals surface area contributed by atoms with Gasteiger partial charge in [0.25, 0.3) is 0 Å². The van der Waals surface area contributed by atoms with Gasteiger partial charge in [0.05, 0.1) is 12.0 Å². The molecule has 6 nitrogen and oxygen atoms in total. The third-order valence-electron chi connectivity index (χ3n) is 2.39. The molecule has 1 aromatic heterocycles. The smallest absolute Gasteiger partial charge is 0.248 e. The van der Waals surface area contributed by atoms with Crippen LogP contribution in [0.2, 0.25) is 0 Å². The molecule has 94 valence electrons. The van der Waals surface area contributed by atoms with E-state index in [1.165, 1.54) is 7.05 Å². The van der Waals surface area contributed by atoms with Crippen LogP contribution < -0.4 is 0 Å². The molecule has 0 spiro atoms. The lowest BCUT2D eigenvalue weighted by Gasteiger charge is -2.17. The summed E-state index contributed by atoms with van der Waals surface area (Å²) in [5.41, 5.74) is 0.332. The Labute approximate surface area is 101 Å². The standard InChI is InChI=1S/C10H15N3O3S/c1-7(5-11)6-13(4)17(14,15)10-8(2)12-16-9(10)3/h7H,6H2,1-4H3. The fourth-order valence-corrected chi connectivity index (χ4v) is 3.07. The number of hydrogen-bond donors (Lipinski definition) is 0. The summed E-state index contributed by atoms with van der Waals surface area (Å²) >= 11 is 0. The zero-order chi connectivity index (χ0) is 13.2. The topological polar surface area (TPSA) is 87.2 Å². The molecule has 0 aliphatic rings. The van der Waals surface area contributed by atoms with Crippen LogP contribution in [0.4, 0.5) is 0 Å². The maximum Gasteiger partial charge on any atom is 0.248 e. The fraction of sp³-hybridized carbons (Fsp3) is 0.600. The Hall–Kier alpha value is -1.39.